The Balaban J connectivity index is 1.39. The third kappa shape index (κ3) is 4.08. The number of aromatic hydroxyl groups is 1. The van der Waals surface area contributed by atoms with E-state index < -0.39 is 58.0 Å². The molecule has 220 valence electrons. The number of nitrogens with one attached hydrogen (secondary N) is 1. The summed E-state index contributed by atoms with van der Waals surface area (Å²) in [6.45, 7) is 4.01. The van der Waals surface area contributed by atoms with Gasteiger partial charge >= 0.3 is 0 Å². The number of nitrogens with zero attached hydrogens (tertiary/aromatic N) is 1. The smallest absolute Gasteiger partial charge is 0.255 e. The zero-order valence-electron chi connectivity index (χ0n) is 23.0. The Morgan fingerprint density at radius 2 is 1.90 bits per heavy atom. The average Bonchev–Trinajstić information content (AvgIpc) is 2.95. The number of ketones is 2. The molecule has 2 aromatic rings. The topological polar surface area (TPSA) is 173 Å². The minimum atomic E-state index is -2.67. The van der Waals surface area contributed by atoms with Crippen LogP contribution < -0.4 is 11.1 Å². The molecular weight excluding hydrogens is 562 g/mol. The molecule has 42 heavy (non-hydrogen) atoms. The van der Waals surface area contributed by atoms with Crippen molar-refractivity contribution in [2.75, 3.05) is 13.1 Å². The summed E-state index contributed by atoms with van der Waals surface area (Å²) in [4.78, 5) is 41.5. The number of amides is 1. The molecule has 4 atom stereocenters. The third-order valence-corrected chi connectivity index (χ3v) is 9.71. The number of carbonyl (C=O) groups excluding carboxylic acids is 3. The van der Waals surface area contributed by atoms with E-state index in [9.17, 15) is 34.8 Å². The SMILES string of the molecule is CCN[C@@H]1C(O)=C(C(N)=O)C(=O)[C@@]2(O)C(O)=C3C(=O)c4c(O)cc(CN5CCc6ccccc6C5)c(Cl)c4C[C@H]3C[C@@H]12. The van der Waals surface area contributed by atoms with Gasteiger partial charge in [0.05, 0.1) is 11.6 Å². The quantitative estimate of drug-likeness (QED) is 0.284. The maximum absolute atomic E-state index is 13.8. The highest BCUT2D eigenvalue weighted by Gasteiger charge is 2.62. The van der Waals surface area contributed by atoms with Crippen molar-refractivity contribution in [3.05, 3.63) is 85.8 Å². The van der Waals surface area contributed by atoms with Crippen LogP contribution in [0.25, 0.3) is 0 Å². The summed E-state index contributed by atoms with van der Waals surface area (Å²) in [5.74, 6) is -6.89. The number of fused-ring (bicyclic) bond motifs is 4. The van der Waals surface area contributed by atoms with Gasteiger partial charge in [-0.05, 0) is 60.0 Å². The lowest BCUT2D eigenvalue weighted by molar-refractivity contribution is -0.146. The van der Waals surface area contributed by atoms with Crippen LogP contribution in [0.5, 0.6) is 5.75 Å². The van der Waals surface area contributed by atoms with Crippen molar-refractivity contribution >= 4 is 29.1 Å². The van der Waals surface area contributed by atoms with Gasteiger partial charge in [-0.15, -0.1) is 0 Å². The molecule has 4 aliphatic rings. The van der Waals surface area contributed by atoms with Crippen molar-refractivity contribution in [3.8, 4) is 5.75 Å². The lowest BCUT2D eigenvalue weighted by Crippen LogP contribution is -2.64. The number of aliphatic hydroxyl groups is 3. The third-order valence-electron chi connectivity index (χ3n) is 9.24. The Labute approximate surface area is 247 Å². The number of halogens is 1. The van der Waals surface area contributed by atoms with Gasteiger partial charge in [0, 0.05) is 36.1 Å². The number of allylic oxidation sites excluding steroid dienone is 1. The number of benzene rings is 2. The van der Waals surface area contributed by atoms with Gasteiger partial charge in [-0.1, -0.05) is 42.8 Å². The second-order valence-electron chi connectivity index (χ2n) is 11.5. The minimum Gasteiger partial charge on any atom is -0.510 e. The Kier molecular flexibility index (Phi) is 6.93. The summed E-state index contributed by atoms with van der Waals surface area (Å²) in [5, 5.41) is 48.3. The van der Waals surface area contributed by atoms with E-state index in [4.69, 9.17) is 17.3 Å². The van der Waals surface area contributed by atoms with Gasteiger partial charge < -0.3 is 31.5 Å². The Morgan fingerprint density at radius 1 is 1.19 bits per heavy atom. The number of hydrogen-bond acceptors (Lipinski definition) is 9. The van der Waals surface area contributed by atoms with Crippen LogP contribution in [0.2, 0.25) is 5.02 Å². The summed E-state index contributed by atoms with van der Waals surface area (Å²) in [6, 6.07) is 8.60. The molecule has 0 fully saturated rings. The van der Waals surface area contributed by atoms with Crippen LogP contribution >= 0.6 is 11.6 Å². The number of Topliss-reactive ketones (excluding diaryl/α,β-unsaturated/α-hetero) is 2. The number of phenols is 1. The van der Waals surface area contributed by atoms with E-state index in [2.05, 4.69) is 22.3 Å². The summed E-state index contributed by atoms with van der Waals surface area (Å²) in [5.41, 5.74) is 5.17. The van der Waals surface area contributed by atoms with Gasteiger partial charge in [0.1, 0.15) is 22.8 Å². The number of nitrogens with two attached hydrogens (primary N) is 1. The van der Waals surface area contributed by atoms with E-state index in [1.165, 1.54) is 17.2 Å². The van der Waals surface area contributed by atoms with Crippen molar-refractivity contribution in [1.82, 2.24) is 10.2 Å². The molecule has 0 saturated carbocycles. The fourth-order valence-electron chi connectivity index (χ4n) is 7.28. The van der Waals surface area contributed by atoms with Gasteiger partial charge in [0.15, 0.2) is 11.4 Å². The second-order valence-corrected chi connectivity index (χ2v) is 11.9. The monoisotopic (exact) mass is 593 g/mol. The van der Waals surface area contributed by atoms with Crippen molar-refractivity contribution < 1.29 is 34.8 Å². The molecule has 1 amide bonds. The molecule has 0 bridgehead atoms. The van der Waals surface area contributed by atoms with Crippen LogP contribution in [0, 0.1) is 11.8 Å². The number of phenolic OH excluding ortho intramolecular Hbond substituents is 1. The van der Waals surface area contributed by atoms with Crippen LogP contribution in [0.3, 0.4) is 0 Å². The van der Waals surface area contributed by atoms with Gasteiger partial charge in [0.2, 0.25) is 5.78 Å². The fourth-order valence-corrected chi connectivity index (χ4v) is 7.57. The van der Waals surface area contributed by atoms with Crippen LogP contribution in [-0.2, 0) is 35.5 Å². The van der Waals surface area contributed by atoms with E-state index in [1.54, 1.807) is 6.92 Å². The predicted molar refractivity (Wildman–Crippen MR) is 153 cm³/mol. The molecule has 6 rings (SSSR count). The second kappa shape index (κ2) is 10.2. The maximum Gasteiger partial charge on any atom is 0.255 e. The Hall–Kier alpha value is -3.70. The first-order valence-corrected chi connectivity index (χ1v) is 14.4. The first-order valence-electron chi connectivity index (χ1n) is 14.0. The summed E-state index contributed by atoms with van der Waals surface area (Å²) >= 11 is 6.91. The highest BCUT2D eigenvalue weighted by atomic mass is 35.5. The van der Waals surface area contributed by atoms with E-state index >= 15 is 0 Å². The highest BCUT2D eigenvalue weighted by Crippen LogP contribution is 2.52. The fraction of sp³-hybridized carbons (Fsp3) is 0.387. The highest BCUT2D eigenvalue weighted by molar-refractivity contribution is 6.33. The lowest BCUT2D eigenvalue weighted by Gasteiger charge is -2.48. The molecule has 11 heteroatoms. The first kappa shape index (κ1) is 28.4. The Bertz CT molecular complexity index is 1620. The molecule has 2 aromatic carbocycles. The maximum atomic E-state index is 13.8. The number of hydrogen-bond donors (Lipinski definition) is 6. The minimum absolute atomic E-state index is 0.00477. The molecule has 10 nitrogen and oxygen atoms in total. The first-order chi connectivity index (χ1) is 20.0. The number of rotatable bonds is 5. The summed E-state index contributed by atoms with van der Waals surface area (Å²) < 4.78 is 0. The van der Waals surface area contributed by atoms with Gasteiger partial charge in [-0.2, -0.15) is 0 Å². The number of likely N-dealkylation sites (N-methyl/N-ethyl adjacent to an activating group) is 1. The van der Waals surface area contributed by atoms with Gasteiger partial charge in [0.25, 0.3) is 5.91 Å². The van der Waals surface area contributed by atoms with Crippen LogP contribution in [0.15, 0.2) is 53.0 Å². The van der Waals surface area contributed by atoms with Crippen molar-refractivity contribution in [2.45, 2.75) is 50.9 Å². The molecule has 0 aromatic heterocycles. The molecule has 0 radical (unpaired) electrons. The number of aliphatic hydroxyl groups excluding tert-OH is 2. The zero-order chi connectivity index (χ0) is 30.1. The summed E-state index contributed by atoms with van der Waals surface area (Å²) in [6.07, 6.45) is 1.04. The van der Waals surface area contributed by atoms with E-state index in [-0.39, 0.29) is 29.7 Å². The van der Waals surface area contributed by atoms with Gasteiger partial charge in [-0.3, -0.25) is 19.3 Å². The average molecular weight is 594 g/mol. The van der Waals surface area contributed by atoms with E-state index in [0.717, 1.165) is 19.5 Å². The van der Waals surface area contributed by atoms with Gasteiger partial charge in [-0.25, -0.2) is 0 Å². The zero-order valence-corrected chi connectivity index (χ0v) is 23.7. The molecule has 3 aliphatic carbocycles. The van der Waals surface area contributed by atoms with Crippen molar-refractivity contribution in [3.63, 3.8) is 0 Å². The largest absolute Gasteiger partial charge is 0.510 e. The molecule has 0 spiro atoms. The standard InChI is InChI=1S/C31H32ClN3O7/c1-2-34-25-19-10-16-9-18-22(26(37)21(16)28(39)31(19,42)29(40)23(27(25)38)30(33)41)20(36)11-17(24(18)32)13-35-8-7-14-5-3-4-6-15(14)12-35/h3-6,11,16,19,25,34,36,38-39,42H,2,7-10,12-13H2,1H3,(H2,33,41)/t16-,19-,25-,31-/m0/s1. The molecule has 1 heterocycles. The molecule has 0 unspecified atom stereocenters. The molecular formula is C31H32ClN3O7. The molecule has 1 aliphatic heterocycles. The predicted octanol–water partition coefficient (Wildman–Crippen LogP) is 2.38. The Morgan fingerprint density at radius 3 is 2.60 bits per heavy atom. The lowest BCUT2D eigenvalue weighted by atomic mass is 9.58. The van der Waals surface area contributed by atoms with Crippen LogP contribution in [-0.4, -0.2) is 67.5 Å². The van der Waals surface area contributed by atoms with Crippen LogP contribution in [0.1, 0.15) is 46.0 Å². The number of primary amides is 1. The van der Waals surface area contributed by atoms with Crippen LogP contribution in [0.4, 0.5) is 0 Å². The normalized spacial score (nSPS) is 27.4. The van der Waals surface area contributed by atoms with E-state index in [0.29, 0.717) is 29.2 Å². The van der Waals surface area contributed by atoms with Crippen molar-refractivity contribution in [2.24, 2.45) is 17.6 Å². The van der Waals surface area contributed by atoms with Crippen molar-refractivity contribution in [1.29, 1.82) is 0 Å². The molecule has 7 N–H and O–H groups in total. The number of carbonyl (C=O) groups is 3. The van der Waals surface area contributed by atoms with E-state index in [1.807, 2.05) is 12.1 Å². The summed E-state index contributed by atoms with van der Waals surface area (Å²) in [7, 11) is 0. The molecule has 0 saturated heterocycles.